The first-order chi connectivity index (χ1) is 6.70. The zero-order valence-corrected chi connectivity index (χ0v) is 9.83. The lowest BCUT2D eigenvalue weighted by Gasteiger charge is -2.12. The molecule has 0 aromatic heterocycles. The van der Waals surface area contributed by atoms with Crippen molar-refractivity contribution >= 4 is 11.6 Å². The Kier molecular flexibility index (Phi) is 9.90. The van der Waals surface area contributed by atoms with Crippen LogP contribution in [0.5, 0.6) is 0 Å². The number of aliphatic hydroxyl groups is 1. The van der Waals surface area contributed by atoms with Crippen LogP contribution in [0.15, 0.2) is 0 Å². The predicted octanol–water partition coefficient (Wildman–Crippen LogP) is 3.14. The maximum Gasteiger partial charge on any atom is 0.114 e. The standard InChI is InChI=1S/C11H21ClO2/c1-3-4-5-6-10(2)8-14-9-11(13)7-12/h7,9-11,13H,3-6,8H2,1-2H3. The van der Waals surface area contributed by atoms with E-state index in [2.05, 4.69) is 13.8 Å². The molecule has 2 radical (unpaired) electrons. The Morgan fingerprint density at radius 1 is 1.43 bits per heavy atom. The van der Waals surface area contributed by atoms with E-state index in [4.69, 9.17) is 21.4 Å². The maximum absolute atomic E-state index is 9.02. The van der Waals surface area contributed by atoms with Gasteiger partial charge in [0, 0.05) is 6.61 Å². The Balaban J connectivity index is 3.21. The van der Waals surface area contributed by atoms with Crippen LogP contribution >= 0.6 is 11.6 Å². The van der Waals surface area contributed by atoms with Gasteiger partial charge in [-0.05, 0) is 12.3 Å². The number of hydrogen-bond donors (Lipinski definition) is 1. The highest BCUT2D eigenvalue weighted by molar-refractivity contribution is 6.23. The molecule has 0 aliphatic carbocycles. The van der Waals surface area contributed by atoms with Gasteiger partial charge in [0.15, 0.2) is 0 Å². The lowest BCUT2D eigenvalue weighted by atomic mass is 10.0. The van der Waals surface area contributed by atoms with E-state index in [0.717, 1.165) is 0 Å². The average molecular weight is 221 g/mol. The lowest BCUT2D eigenvalue weighted by Crippen LogP contribution is -2.11. The van der Waals surface area contributed by atoms with Crippen molar-refractivity contribution < 1.29 is 9.84 Å². The minimum Gasteiger partial charge on any atom is -0.389 e. The van der Waals surface area contributed by atoms with E-state index in [-0.39, 0.29) is 0 Å². The fraction of sp³-hybridized carbons (Fsp3) is 0.818. The van der Waals surface area contributed by atoms with Gasteiger partial charge < -0.3 is 9.84 Å². The van der Waals surface area contributed by atoms with E-state index in [0.29, 0.717) is 12.5 Å². The van der Waals surface area contributed by atoms with Crippen LogP contribution in [0.3, 0.4) is 0 Å². The fourth-order valence-corrected chi connectivity index (χ4v) is 1.23. The van der Waals surface area contributed by atoms with Crippen molar-refractivity contribution in [2.24, 2.45) is 5.92 Å². The molecule has 0 spiro atoms. The third-order valence-corrected chi connectivity index (χ3v) is 2.30. The summed E-state index contributed by atoms with van der Waals surface area (Å²) in [6, 6.07) is 0. The number of halogens is 1. The molecule has 0 fully saturated rings. The Hall–Kier alpha value is 0.210. The fourth-order valence-electron chi connectivity index (χ4n) is 1.17. The molecule has 0 bridgehead atoms. The summed E-state index contributed by atoms with van der Waals surface area (Å²) >= 11 is 5.28. The molecule has 0 aliphatic heterocycles. The monoisotopic (exact) mass is 220 g/mol. The van der Waals surface area contributed by atoms with Gasteiger partial charge in [-0.3, -0.25) is 0 Å². The molecule has 3 heteroatoms. The molecule has 0 saturated heterocycles. The van der Waals surface area contributed by atoms with Gasteiger partial charge in [0.1, 0.15) is 12.7 Å². The summed E-state index contributed by atoms with van der Waals surface area (Å²) in [6.45, 7) is 6.37. The molecule has 0 rings (SSSR count). The van der Waals surface area contributed by atoms with Gasteiger partial charge in [0.2, 0.25) is 0 Å². The van der Waals surface area contributed by atoms with Crippen molar-refractivity contribution in [2.45, 2.75) is 45.6 Å². The summed E-state index contributed by atoms with van der Waals surface area (Å²) in [4.78, 5) is 0. The van der Waals surface area contributed by atoms with Crippen LogP contribution in [0.25, 0.3) is 0 Å². The van der Waals surface area contributed by atoms with Gasteiger partial charge in [-0.25, -0.2) is 0 Å². The third kappa shape index (κ3) is 8.79. The summed E-state index contributed by atoms with van der Waals surface area (Å²) in [6.07, 6.45) is 4.21. The minimum atomic E-state index is -0.764. The largest absolute Gasteiger partial charge is 0.389 e. The second kappa shape index (κ2) is 9.75. The number of unbranched alkanes of at least 4 members (excludes halogenated alkanes) is 2. The number of ether oxygens (including phenoxy) is 1. The average Bonchev–Trinajstić information content (AvgIpc) is 2.18. The minimum absolute atomic E-state index is 0.542. The third-order valence-electron chi connectivity index (χ3n) is 2.05. The highest BCUT2D eigenvalue weighted by Crippen LogP contribution is 2.10. The van der Waals surface area contributed by atoms with E-state index >= 15 is 0 Å². The zero-order valence-electron chi connectivity index (χ0n) is 9.08. The molecule has 14 heavy (non-hydrogen) atoms. The van der Waals surface area contributed by atoms with Crippen LogP contribution in [0.1, 0.15) is 39.5 Å². The summed E-state index contributed by atoms with van der Waals surface area (Å²) in [7, 11) is 0. The highest BCUT2D eigenvalue weighted by atomic mass is 35.5. The molecule has 2 nitrogen and oxygen atoms in total. The molecule has 84 valence electrons. The summed E-state index contributed by atoms with van der Waals surface area (Å²) in [5.74, 6) is 1.71. The first-order valence-electron chi connectivity index (χ1n) is 5.27. The molecular weight excluding hydrogens is 200 g/mol. The Morgan fingerprint density at radius 3 is 2.71 bits per heavy atom. The van der Waals surface area contributed by atoms with Crippen molar-refractivity contribution in [3.05, 3.63) is 12.5 Å². The molecule has 1 N–H and O–H groups in total. The highest BCUT2D eigenvalue weighted by Gasteiger charge is 2.06. The van der Waals surface area contributed by atoms with Crippen molar-refractivity contribution in [1.82, 2.24) is 0 Å². The van der Waals surface area contributed by atoms with Gasteiger partial charge in [0.05, 0.1) is 5.88 Å². The molecule has 0 amide bonds. The number of rotatable bonds is 9. The first kappa shape index (κ1) is 14.2. The van der Waals surface area contributed by atoms with E-state index in [1.165, 1.54) is 38.2 Å². The molecule has 0 heterocycles. The maximum atomic E-state index is 9.02. The normalized spacial score (nSPS) is 15.4. The summed E-state index contributed by atoms with van der Waals surface area (Å²) < 4.78 is 5.19. The van der Waals surface area contributed by atoms with Gasteiger partial charge >= 0.3 is 0 Å². The lowest BCUT2D eigenvalue weighted by molar-refractivity contribution is 0.0921. The molecule has 0 aliphatic rings. The second-order valence-corrected chi connectivity index (χ2v) is 3.94. The van der Waals surface area contributed by atoms with Crippen LogP contribution in [0.4, 0.5) is 0 Å². The van der Waals surface area contributed by atoms with Crippen LogP contribution in [0.2, 0.25) is 0 Å². The first-order valence-corrected chi connectivity index (χ1v) is 5.70. The van der Waals surface area contributed by atoms with Crippen molar-refractivity contribution in [1.29, 1.82) is 0 Å². The van der Waals surface area contributed by atoms with Crippen LogP contribution < -0.4 is 0 Å². The van der Waals surface area contributed by atoms with E-state index in [1.807, 2.05) is 0 Å². The van der Waals surface area contributed by atoms with E-state index in [1.54, 1.807) is 0 Å². The van der Waals surface area contributed by atoms with Crippen molar-refractivity contribution in [3.8, 4) is 0 Å². The van der Waals surface area contributed by atoms with Crippen molar-refractivity contribution in [2.75, 3.05) is 6.61 Å². The Bertz CT molecular complexity index is 120. The SMILES string of the molecule is CCCCCC(C)CO[CH]C(O)[CH]Cl. The Labute approximate surface area is 92.6 Å². The van der Waals surface area contributed by atoms with Crippen LogP contribution in [0, 0.1) is 18.4 Å². The topological polar surface area (TPSA) is 29.5 Å². The summed E-state index contributed by atoms with van der Waals surface area (Å²) in [5.41, 5.74) is 0. The van der Waals surface area contributed by atoms with E-state index < -0.39 is 6.10 Å². The summed E-state index contributed by atoms with van der Waals surface area (Å²) in [5, 5.41) is 9.02. The predicted molar refractivity (Wildman–Crippen MR) is 59.7 cm³/mol. The van der Waals surface area contributed by atoms with E-state index in [9.17, 15) is 0 Å². The molecular formula is C11H21ClO2. The van der Waals surface area contributed by atoms with Gasteiger partial charge in [-0.2, -0.15) is 0 Å². The molecule has 0 aromatic carbocycles. The molecule has 2 atom stereocenters. The van der Waals surface area contributed by atoms with Gasteiger partial charge in [-0.15, -0.1) is 11.6 Å². The molecule has 0 aromatic rings. The number of aliphatic hydroxyl groups excluding tert-OH is 1. The van der Waals surface area contributed by atoms with Gasteiger partial charge in [0.25, 0.3) is 0 Å². The van der Waals surface area contributed by atoms with Gasteiger partial charge in [-0.1, -0.05) is 33.1 Å². The molecule has 2 unspecified atom stereocenters. The van der Waals surface area contributed by atoms with Crippen molar-refractivity contribution in [3.63, 3.8) is 0 Å². The molecule has 0 saturated carbocycles. The van der Waals surface area contributed by atoms with Crippen LogP contribution in [-0.2, 0) is 4.74 Å². The Morgan fingerprint density at radius 2 is 2.14 bits per heavy atom. The second-order valence-electron chi connectivity index (χ2n) is 3.69. The number of hydrogen-bond acceptors (Lipinski definition) is 2. The smallest absolute Gasteiger partial charge is 0.114 e. The quantitative estimate of drug-likeness (QED) is 0.605. The zero-order chi connectivity index (χ0) is 10.8. The van der Waals surface area contributed by atoms with Crippen LogP contribution in [-0.4, -0.2) is 17.8 Å².